The number of rotatable bonds is 9. The fourth-order valence-electron chi connectivity index (χ4n) is 2.92. The average Bonchev–Trinajstić information content (AvgIpc) is 3.05. The molecule has 6 heteroatoms. The van der Waals surface area contributed by atoms with Crippen LogP contribution < -0.4 is 10.6 Å². The highest BCUT2D eigenvalue weighted by atomic mass is 127. The molecule has 1 aromatic heterocycles. The van der Waals surface area contributed by atoms with Crippen molar-refractivity contribution >= 4 is 29.9 Å². The Bertz CT molecular complexity index is 691. The molecule has 0 unspecified atom stereocenters. The predicted octanol–water partition coefficient (Wildman–Crippen LogP) is 4.35. The maximum atomic E-state index is 4.76. The molecule has 0 bridgehead atoms. The minimum absolute atomic E-state index is 0. The van der Waals surface area contributed by atoms with Crippen LogP contribution in [0, 0.1) is 12.8 Å². The molecular weight excluding hydrogens is 449 g/mol. The molecule has 150 valence electrons. The van der Waals surface area contributed by atoms with Crippen molar-refractivity contribution in [3.05, 3.63) is 53.6 Å². The largest absolute Gasteiger partial charge is 0.357 e. The Balaban J connectivity index is 0.00000364. The lowest BCUT2D eigenvalue weighted by atomic mass is 10.0. The first-order valence-corrected chi connectivity index (χ1v) is 9.73. The molecule has 1 aromatic carbocycles. The van der Waals surface area contributed by atoms with E-state index in [2.05, 4.69) is 65.2 Å². The number of nitrogens with one attached hydrogen (secondary N) is 2. The highest BCUT2D eigenvalue weighted by Gasteiger charge is 2.05. The molecule has 0 aliphatic rings. The van der Waals surface area contributed by atoms with Gasteiger partial charge in [0.25, 0.3) is 0 Å². The molecule has 27 heavy (non-hydrogen) atoms. The lowest BCUT2D eigenvalue weighted by Gasteiger charge is -2.16. The number of aromatic nitrogens is 2. The third-order valence-electron chi connectivity index (χ3n) is 4.74. The lowest BCUT2D eigenvalue weighted by molar-refractivity contribution is 0.481. The summed E-state index contributed by atoms with van der Waals surface area (Å²) < 4.78 is 2.16. The topological polar surface area (TPSA) is 54.2 Å². The van der Waals surface area contributed by atoms with Gasteiger partial charge in [-0.15, -0.1) is 24.0 Å². The summed E-state index contributed by atoms with van der Waals surface area (Å²) in [5, 5.41) is 6.82. The zero-order chi connectivity index (χ0) is 18.8. The summed E-state index contributed by atoms with van der Waals surface area (Å²) in [6, 6.07) is 8.63. The Hall–Kier alpha value is -1.57. The van der Waals surface area contributed by atoms with Crippen molar-refractivity contribution in [2.45, 2.75) is 53.6 Å². The molecule has 2 N–H and O–H groups in total. The molecule has 2 rings (SSSR count). The van der Waals surface area contributed by atoms with Crippen LogP contribution in [0.4, 0.5) is 0 Å². The third-order valence-corrected chi connectivity index (χ3v) is 4.74. The molecule has 0 saturated carbocycles. The van der Waals surface area contributed by atoms with Gasteiger partial charge < -0.3 is 15.2 Å². The van der Waals surface area contributed by atoms with Crippen molar-refractivity contribution in [3.8, 4) is 0 Å². The maximum absolute atomic E-state index is 4.76. The fraction of sp³-hybridized carbons (Fsp3) is 0.524. The number of aryl methyl sites for hydroxylation is 1. The molecule has 0 aliphatic carbocycles. The molecule has 2 aromatic rings. The minimum atomic E-state index is 0. The molecule has 0 amide bonds. The number of imidazole rings is 1. The van der Waals surface area contributed by atoms with Gasteiger partial charge in [-0.2, -0.15) is 0 Å². The van der Waals surface area contributed by atoms with Crippen molar-refractivity contribution in [1.82, 2.24) is 20.2 Å². The molecule has 0 spiro atoms. The Morgan fingerprint density at radius 2 is 1.89 bits per heavy atom. The predicted molar refractivity (Wildman–Crippen MR) is 125 cm³/mol. The molecule has 0 fully saturated rings. The maximum Gasteiger partial charge on any atom is 0.191 e. The van der Waals surface area contributed by atoms with Crippen molar-refractivity contribution in [3.63, 3.8) is 0 Å². The molecular formula is C21H34IN5. The van der Waals surface area contributed by atoms with Gasteiger partial charge in [0.15, 0.2) is 5.96 Å². The van der Waals surface area contributed by atoms with Crippen LogP contribution >= 0.6 is 24.0 Å². The van der Waals surface area contributed by atoms with Gasteiger partial charge in [0.2, 0.25) is 0 Å². The van der Waals surface area contributed by atoms with E-state index in [0.29, 0.717) is 12.5 Å². The van der Waals surface area contributed by atoms with E-state index in [4.69, 9.17) is 4.99 Å². The minimum Gasteiger partial charge on any atom is -0.357 e. The Morgan fingerprint density at radius 1 is 1.15 bits per heavy atom. The van der Waals surface area contributed by atoms with Gasteiger partial charge in [-0.1, -0.05) is 51.0 Å². The van der Waals surface area contributed by atoms with Crippen LogP contribution in [0.25, 0.3) is 0 Å². The molecule has 0 saturated heterocycles. The number of benzene rings is 1. The van der Waals surface area contributed by atoms with Gasteiger partial charge in [0.05, 0.1) is 6.54 Å². The van der Waals surface area contributed by atoms with Crippen LogP contribution in [-0.2, 0) is 13.1 Å². The second kappa shape index (κ2) is 12.8. The highest BCUT2D eigenvalue weighted by Crippen LogP contribution is 2.10. The van der Waals surface area contributed by atoms with Crippen LogP contribution in [0.2, 0.25) is 0 Å². The van der Waals surface area contributed by atoms with E-state index in [0.717, 1.165) is 31.4 Å². The Kier molecular flexibility index (Phi) is 11.1. The highest BCUT2D eigenvalue weighted by molar-refractivity contribution is 14.0. The number of hydrogen-bond acceptors (Lipinski definition) is 2. The summed E-state index contributed by atoms with van der Waals surface area (Å²) in [6.07, 6.45) is 6.25. The molecule has 5 nitrogen and oxygen atoms in total. The van der Waals surface area contributed by atoms with E-state index in [9.17, 15) is 0 Å². The van der Waals surface area contributed by atoms with Crippen LogP contribution in [0.1, 0.15) is 50.6 Å². The van der Waals surface area contributed by atoms with Crippen molar-refractivity contribution in [2.75, 3.05) is 13.1 Å². The first-order chi connectivity index (χ1) is 12.7. The van der Waals surface area contributed by atoms with E-state index < -0.39 is 0 Å². The number of aliphatic imine (C=N–C) groups is 1. The first-order valence-electron chi connectivity index (χ1n) is 9.73. The normalized spacial score (nSPS) is 11.4. The van der Waals surface area contributed by atoms with Crippen LogP contribution in [-0.4, -0.2) is 28.6 Å². The molecule has 0 atom stereocenters. The van der Waals surface area contributed by atoms with Crippen LogP contribution in [0.15, 0.2) is 41.7 Å². The van der Waals surface area contributed by atoms with Gasteiger partial charge in [-0.3, -0.25) is 0 Å². The Morgan fingerprint density at radius 3 is 2.52 bits per heavy atom. The molecule has 1 heterocycles. The first kappa shape index (κ1) is 23.5. The average molecular weight is 483 g/mol. The van der Waals surface area contributed by atoms with Gasteiger partial charge in [0.1, 0.15) is 5.82 Å². The summed E-state index contributed by atoms with van der Waals surface area (Å²) in [5.74, 6) is 2.63. The fourth-order valence-corrected chi connectivity index (χ4v) is 2.92. The van der Waals surface area contributed by atoms with E-state index in [-0.39, 0.29) is 24.0 Å². The van der Waals surface area contributed by atoms with Crippen molar-refractivity contribution < 1.29 is 0 Å². The summed E-state index contributed by atoms with van der Waals surface area (Å²) >= 11 is 0. The van der Waals surface area contributed by atoms with E-state index in [1.54, 1.807) is 0 Å². The van der Waals surface area contributed by atoms with E-state index in [1.165, 1.54) is 24.0 Å². The third kappa shape index (κ3) is 7.91. The quantitative estimate of drug-likeness (QED) is 0.317. The smallest absolute Gasteiger partial charge is 0.191 e. The summed E-state index contributed by atoms with van der Waals surface area (Å²) in [4.78, 5) is 9.04. The van der Waals surface area contributed by atoms with Crippen molar-refractivity contribution in [2.24, 2.45) is 10.9 Å². The van der Waals surface area contributed by atoms with E-state index >= 15 is 0 Å². The standard InChI is InChI=1S/C21H33N5.HI/c1-5-18(6-2)14-24-21(22-7-3)25-15-19-9-8-10-20(13-19)16-26-12-11-23-17(26)4;/h8-13,18H,5-7,14-16H2,1-4H3,(H2,22,24,25);1H. The number of nitrogens with zero attached hydrogens (tertiary/aromatic N) is 3. The Labute approximate surface area is 181 Å². The van der Waals surface area contributed by atoms with Gasteiger partial charge >= 0.3 is 0 Å². The lowest BCUT2D eigenvalue weighted by Crippen LogP contribution is -2.39. The molecule has 0 aliphatic heterocycles. The zero-order valence-electron chi connectivity index (χ0n) is 17.0. The second-order valence-corrected chi connectivity index (χ2v) is 6.68. The summed E-state index contributed by atoms with van der Waals surface area (Å²) in [5.41, 5.74) is 2.49. The SMILES string of the molecule is CCNC(=NCc1cccc(Cn2ccnc2C)c1)NCC(CC)CC.I. The number of guanidine groups is 1. The number of halogens is 1. The number of hydrogen-bond donors (Lipinski definition) is 2. The second-order valence-electron chi connectivity index (χ2n) is 6.68. The van der Waals surface area contributed by atoms with Gasteiger partial charge in [-0.25, -0.2) is 9.98 Å². The van der Waals surface area contributed by atoms with Gasteiger partial charge in [0, 0.05) is 32.0 Å². The zero-order valence-corrected chi connectivity index (χ0v) is 19.4. The monoisotopic (exact) mass is 483 g/mol. The molecule has 0 radical (unpaired) electrons. The summed E-state index contributed by atoms with van der Waals surface area (Å²) in [6.45, 7) is 12.0. The van der Waals surface area contributed by atoms with Crippen LogP contribution in [0.5, 0.6) is 0 Å². The van der Waals surface area contributed by atoms with Crippen molar-refractivity contribution in [1.29, 1.82) is 0 Å². The van der Waals surface area contributed by atoms with Crippen LogP contribution in [0.3, 0.4) is 0 Å². The van der Waals surface area contributed by atoms with Gasteiger partial charge in [-0.05, 0) is 30.9 Å². The summed E-state index contributed by atoms with van der Waals surface area (Å²) in [7, 11) is 0. The van der Waals surface area contributed by atoms with E-state index in [1.807, 2.05) is 19.3 Å².